The van der Waals surface area contributed by atoms with E-state index in [1.807, 2.05) is 17.5 Å². The Balaban J connectivity index is 2.00. The maximum atomic E-state index is 9.98. The van der Waals surface area contributed by atoms with Gasteiger partial charge in [0, 0.05) is 17.1 Å². The van der Waals surface area contributed by atoms with Crippen molar-refractivity contribution >= 4 is 17.0 Å². The van der Waals surface area contributed by atoms with E-state index in [2.05, 4.69) is 37.4 Å². The minimum atomic E-state index is -0.435. The largest absolute Gasteiger partial charge is 0.386 e. The van der Waals surface area contributed by atoms with Crippen molar-refractivity contribution in [1.29, 1.82) is 0 Å². The molecule has 2 N–H and O–H groups in total. The average Bonchev–Trinajstić information content (AvgIpc) is 2.83. The highest BCUT2D eigenvalue weighted by molar-refractivity contribution is 7.10. The van der Waals surface area contributed by atoms with Crippen LogP contribution in [0.4, 0.5) is 5.69 Å². The molecule has 0 aliphatic carbocycles. The predicted octanol–water partition coefficient (Wildman–Crippen LogP) is 3.51. The maximum Gasteiger partial charge on any atom is 0.105 e. The second-order valence-corrected chi connectivity index (χ2v) is 5.21. The number of benzene rings is 1. The fourth-order valence-electron chi connectivity index (χ4n) is 1.71. The predicted molar refractivity (Wildman–Crippen MR) is 73.7 cm³/mol. The number of anilines is 1. The second-order valence-electron chi connectivity index (χ2n) is 4.23. The lowest BCUT2D eigenvalue weighted by molar-refractivity contribution is 0.195. The summed E-state index contributed by atoms with van der Waals surface area (Å²) in [7, 11) is 0. The molecule has 0 aliphatic rings. The van der Waals surface area contributed by atoms with Crippen LogP contribution in [0.25, 0.3) is 0 Å². The Bertz CT molecular complexity index is 479. The zero-order valence-electron chi connectivity index (χ0n) is 10.1. The normalized spacial score (nSPS) is 12.4. The van der Waals surface area contributed by atoms with Gasteiger partial charge >= 0.3 is 0 Å². The molecule has 1 unspecified atom stereocenters. The Morgan fingerprint density at radius 3 is 2.82 bits per heavy atom. The summed E-state index contributed by atoms with van der Waals surface area (Å²) in [5.74, 6) is 0. The number of aryl methyl sites for hydroxylation is 2. The van der Waals surface area contributed by atoms with Gasteiger partial charge in [0.15, 0.2) is 0 Å². The first-order valence-corrected chi connectivity index (χ1v) is 6.57. The number of nitrogens with one attached hydrogen (secondary N) is 1. The first-order chi connectivity index (χ1) is 8.16. The Morgan fingerprint density at radius 2 is 2.12 bits per heavy atom. The molecule has 1 heterocycles. The third kappa shape index (κ3) is 3.08. The Labute approximate surface area is 106 Å². The van der Waals surface area contributed by atoms with E-state index >= 15 is 0 Å². The van der Waals surface area contributed by atoms with E-state index < -0.39 is 6.10 Å². The Kier molecular flexibility index (Phi) is 3.82. The smallest absolute Gasteiger partial charge is 0.105 e. The van der Waals surface area contributed by atoms with E-state index in [0.29, 0.717) is 6.54 Å². The van der Waals surface area contributed by atoms with Crippen LogP contribution in [0.15, 0.2) is 35.7 Å². The third-order valence-electron chi connectivity index (χ3n) is 2.75. The average molecular weight is 247 g/mol. The van der Waals surface area contributed by atoms with Gasteiger partial charge in [0.25, 0.3) is 0 Å². The van der Waals surface area contributed by atoms with E-state index in [4.69, 9.17) is 0 Å². The zero-order chi connectivity index (χ0) is 12.3. The highest BCUT2D eigenvalue weighted by Crippen LogP contribution is 2.21. The van der Waals surface area contributed by atoms with Gasteiger partial charge in [-0.05, 0) is 42.5 Å². The van der Waals surface area contributed by atoms with E-state index in [1.165, 1.54) is 11.1 Å². The van der Waals surface area contributed by atoms with Crippen LogP contribution in [-0.4, -0.2) is 11.7 Å². The molecule has 0 saturated carbocycles. The quantitative estimate of drug-likeness (QED) is 0.866. The molecule has 0 fully saturated rings. The van der Waals surface area contributed by atoms with Crippen molar-refractivity contribution in [1.82, 2.24) is 0 Å². The van der Waals surface area contributed by atoms with Crippen LogP contribution in [0.3, 0.4) is 0 Å². The summed E-state index contributed by atoms with van der Waals surface area (Å²) in [4.78, 5) is 1.00. The molecule has 0 amide bonds. The van der Waals surface area contributed by atoms with Crippen LogP contribution in [-0.2, 0) is 0 Å². The molecule has 1 atom stereocenters. The molecular weight excluding hydrogens is 230 g/mol. The first kappa shape index (κ1) is 12.1. The molecule has 2 nitrogen and oxygen atoms in total. The van der Waals surface area contributed by atoms with E-state index in [0.717, 1.165) is 10.6 Å². The standard InChI is InChI=1S/C14H17NOS/c1-10-5-6-11(2)12(8-10)15-9-13(16)14-4-3-7-17-14/h3-8,13,15-16H,9H2,1-2H3. The van der Waals surface area contributed by atoms with Crippen molar-refractivity contribution < 1.29 is 5.11 Å². The minimum Gasteiger partial charge on any atom is -0.386 e. The van der Waals surface area contributed by atoms with Crippen LogP contribution in [0.1, 0.15) is 22.1 Å². The minimum absolute atomic E-state index is 0.435. The van der Waals surface area contributed by atoms with Crippen molar-refractivity contribution in [2.45, 2.75) is 20.0 Å². The van der Waals surface area contributed by atoms with Gasteiger partial charge in [-0.15, -0.1) is 11.3 Å². The lowest BCUT2D eigenvalue weighted by Gasteiger charge is -2.13. The van der Waals surface area contributed by atoms with Crippen molar-refractivity contribution in [2.75, 3.05) is 11.9 Å². The molecule has 90 valence electrons. The summed E-state index contributed by atoms with van der Waals surface area (Å²) in [6.07, 6.45) is -0.435. The van der Waals surface area contributed by atoms with Crippen molar-refractivity contribution in [2.24, 2.45) is 0 Å². The molecular formula is C14H17NOS. The molecule has 0 radical (unpaired) electrons. The van der Waals surface area contributed by atoms with E-state index in [9.17, 15) is 5.11 Å². The van der Waals surface area contributed by atoms with Gasteiger partial charge in [0.1, 0.15) is 6.10 Å². The summed E-state index contributed by atoms with van der Waals surface area (Å²) in [6.45, 7) is 4.68. The molecule has 0 bridgehead atoms. The number of hydrogen-bond acceptors (Lipinski definition) is 3. The summed E-state index contributed by atoms with van der Waals surface area (Å²) in [5.41, 5.74) is 3.53. The summed E-state index contributed by atoms with van der Waals surface area (Å²) < 4.78 is 0. The molecule has 1 aromatic carbocycles. The Morgan fingerprint density at radius 1 is 1.29 bits per heavy atom. The summed E-state index contributed by atoms with van der Waals surface area (Å²) in [6, 6.07) is 10.2. The monoisotopic (exact) mass is 247 g/mol. The lowest BCUT2D eigenvalue weighted by Crippen LogP contribution is -2.11. The molecule has 1 aromatic heterocycles. The fraction of sp³-hybridized carbons (Fsp3) is 0.286. The second kappa shape index (κ2) is 5.34. The number of rotatable bonds is 4. The molecule has 2 aromatic rings. The first-order valence-electron chi connectivity index (χ1n) is 5.69. The molecule has 3 heteroatoms. The number of thiophene rings is 1. The SMILES string of the molecule is Cc1ccc(C)c(NCC(O)c2cccs2)c1. The highest BCUT2D eigenvalue weighted by atomic mass is 32.1. The molecule has 0 spiro atoms. The van der Waals surface area contributed by atoms with Crippen LogP contribution in [0.2, 0.25) is 0 Å². The van der Waals surface area contributed by atoms with Crippen LogP contribution >= 0.6 is 11.3 Å². The molecule has 17 heavy (non-hydrogen) atoms. The highest BCUT2D eigenvalue weighted by Gasteiger charge is 2.08. The molecule has 0 saturated heterocycles. The number of aliphatic hydroxyl groups excluding tert-OH is 1. The van der Waals surface area contributed by atoms with Crippen LogP contribution in [0, 0.1) is 13.8 Å². The van der Waals surface area contributed by atoms with Gasteiger partial charge in [0.05, 0.1) is 0 Å². The number of hydrogen-bond donors (Lipinski definition) is 2. The van der Waals surface area contributed by atoms with Crippen molar-refractivity contribution in [3.8, 4) is 0 Å². The summed E-state index contributed by atoms with van der Waals surface area (Å²) >= 11 is 1.58. The van der Waals surface area contributed by atoms with E-state index in [1.54, 1.807) is 11.3 Å². The van der Waals surface area contributed by atoms with Crippen LogP contribution < -0.4 is 5.32 Å². The van der Waals surface area contributed by atoms with Gasteiger partial charge in [-0.3, -0.25) is 0 Å². The van der Waals surface area contributed by atoms with Gasteiger partial charge < -0.3 is 10.4 Å². The van der Waals surface area contributed by atoms with Gasteiger partial charge in [-0.25, -0.2) is 0 Å². The van der Waals surface area contributed by atoms with Crippen LogP contribution in [0.5, 0.6) is 0 Å². The van der Waals surface area contributed by atoms with E-state index in [-0.39, 0.29) is 0 Å². The van der Waals surface area contributed by atoms with Crippen molar-refractivity contribution in [3.05, 3.63) is 51.7 Å². The fourth-order valence-corrected chi connectivity index (χ4v) is 2.43. The lowest BCUT2D eigenvalue weighted by atomic mass is 10.1. The third-order valence-corrected chi connectivity index (χ3v) is 3.72. The van der Waals surface area contributed by atoms with Crippen molar-refractivity contribution in [3.63, 3.8) is 0 Å². The topological polar surface area (TPSA) is 32.3 Å². The summed E-state index contributed by atoms with van der Waals surface area (Å²) in [5, 5.41) is 15.3. The van der Waals surface area contributed by atoms with Gasteiger partial charge in [0.2, 0.25) is 0 Å². The number of aliphatic hydroxyl groups is 1. The molecule has 0 aliphatic heterocycles. The Hall–Kier alpha value is -1.32. The maximum absolute atomic E-state index is 9.98. The molecule has 2 rings (SSSR count). The van der Waals surface area contributed by atoms with Gasteiger partial charge in [-0.1, -0.05) is 18.2 Å². The zero-order valence-corrected chi connectivity index (χ0v) is 10.9. The van der Waals surface area contributed by atoms with Gasteiger partial charge in [-0.2, -0.15) is 0 Å².